The van der Waals surface area contributed by atoms with Gasteiger partial charge in [-0.1, -0.05) is 32.4 Å². The van der Waals surface area contributed by atoms with E-state index in [1.807, 2.05) is 12.1 Å². The van der Waals surface area contributed by atoms with E-state index in [-0.39, 0.29) is 5.97 Å². The fourth-order valence-electron chi connectivity index (χ4n) is 2.12. The van der Waals surface area contributed by atoms with Crippen LogP contribution in [-0.2, 0) is 11.3 Å². The molecule has 1 rings (SSSR count). The zero-order valence-corrected chi connectivity index (χ0v) is 12.3. The number of nitrogens with zero attached hydrogens (tertiary/aromatic N) is 1. The summed E-state index contributed by atoms with van der Waals surface area (Å²) in [6.07, 6.45) is 1.14. The monoisotopic (exact) mass is 264 g/mol. The highest BCUT2D eigenvalue weighted by molar-refractivity contribution is 5.96. The largest absolute Gasteiger partial charge is 0.465 e. The van der Waals surface area contributed by atoms with Gasteiger partial charge in [0.05, 0.1) is 12.7 Å². The Balaban J connectivity index is 2.89. The highest BCUT2D eigenvalue weighted by Gasteiger charge is 2.16. The molecule has 1 unspecified atom stereocenters. The smallest absolute Gasteiger partial charge is 0.340 e. The van der Waals surface area contributed by atoms with E-state index in [0.717, 1.165) is 18.5 Å². The fraction of sp³-hybridized carbons (Fsp3) is 0.533. The standard InChI is InChI=1S/C15H24N2O2/c1-5-11(2)9-17(3)10-12-7-6-8-13(16)14(12)15(18)19-4/h6-8,11H,5,9-10,16H2,1-4H3. The van der Waals surface area contributed by atoms with Gasteiger partial charge in [-0.05, 0) is 24.6 Å². The zero-order chi connectivity index (χ0) is 14.4. The van der Waals surface area contributed by atoms with Gasteiger partial charge in [0.1, 0.15) is 0 Å². The molecule has 0 saturated carbocycles. The first-order chi connectivity index (χ1) is 8.99. The van der Waals surface area contributed by atoms with Crippen LogP contribution in [0.5, 0.6) is 0 Å². The molecule has 0 aliphatic carbocycles. The van der Waals surface area contributed by atoms with E-state index in [2.05, 4.69) is 25.8 Å². The van der Waals surface area contributed by atoms with Crippen molar-refractivity contribution in [3.63, 3.8) is 0 Å². The van der Waals surface area contributed by atoms with Crippen molar-refractivity contribution in [2.24, 2.45) is 5.92 Å². The maximum absolute atomic E-state index is 11.8. The van der Waals surface area contributed by atoms with Crippen LogP contribution in [0.1, 0.15) is 36.2 Å². The number of nitrogen functional groups attached to an aromatic ring is 1. The lowest BCUT2D eigenvalue weighted by atomic mass is 10.0. The Kier molecular flexibility index (Phi) is 5.83. The molecular formula is C15H24N2O2. The predicted octanol–water partition coefficient (Wildman–Crippen LogP) is 2.53. The topological polar surface area (TPSA) is 55.6 Å². The molecule has 0 aliphatic heterocycles. The first-order valence-corrected chi connectivity index (χ1v) is 6.63. The van der Waals surface area contributed by atoms with Crippen molar-refractivity contribution in [1.82, 2.24) is 4.90 Å². The number of carbonyl (C=O) groups is 1. The van der Waals surface area contributed by atoms with Crippen LogP contribution in [0, 0.1) is 5.92 Å². The van der Waals surface area contributed by atoms with Crippen molar-refractivity contribution < 1.29 is 9.53 Å². The minimum atomic E-state index is -0.370. The number of carbonyl (C=O) groups excluding carboxylic acids is 1. The van der Waals surface area contributed by atoms with Crippen LogP contribution in [0.15, 0.2) is 18.2 Å². The molecule has 2 N–H and O–H groups in total. The van der Waals surface area contributed by atoms with Gasteiger partial charge in [-0.3, -0.25) is 0 Å². The van der Waals surface area contributed by atoms with Crippen LogP contribution >= 0.6 is 0 Å². The van der Waals surface area contributed by atoms with Crippen LogP contribution in [0.3, 0.4) is 0 Å². The predicted molar refractivity (Wildman–Crippen MR) is 78.0 cm³/mol. The summed E-state index contributed by atoms with van der Waals surface area (Å²) in [6.45, 7) is 6.09. The quantitative estimate of drug-likeness (QED) is 0.633. The third-order valence-corrected chi connectivity index (χ3v) is 3.33. The minimum absolute atomic E-state index is 0.370. The number of anilines is 1. The molecule has 4 nitrogen and oxygen atoms in total. The molecule has 0 heterocycles. The summed E-state index contributed by atoms with van der Waals surface area (Å²) < 4.78 is 4.80. The molecule has 19 heavy (non-hydrogen) atoms. The van der Waals surface area contributed by atoms with Crippen LogP contribution in [0.4, 0.5) is 5.69 Å². The highest BCUT2D eigenvalue weighted by Crippen LogP contribution is 2.20. The molecule has 0 spiro atoms. The van der Waals surface area contributed by atoms with Crippen molar-refractivity contribution in [1.29, 1.82) is 0 Å². The first kappa shape index (κ1) is 15.5. The van der Waals surface area contributed by atoms with E-state index in [4.69, 9.17) is 10.5 Å². The fourth-order valence-corrected chi connectivity index (χ4v) is 2.12. The molecular weight excluding hydrogens is 240 g/mol. The Labute approximate surface area is 115 Å². The summed E-state index contributed by atoms with van der Waals surface area (Å²) in [5, 5.41) is 0. The van der Waals surface area contributed by atoms with Gasteiger partial charge in [0.2, 0.25) is 0 Å². The van der Waals surface area contributed by atoms with E-state index in [9.17, 15) is 4.79 Å². The normalized spacial score (nSPS) is 12.5. The Bertz CT molecular complexity index is 432. The van der Waals surface area contributed by atoms with Gasteiger partial charge < -0.3 is 15.4 Å². The van der Waals surface area contributed by atoms with Gasteiger partial charge in [0.25, 0.3) is 0 Å². The SMILES string of the molecule is CCC(C)CN(C)Cc1cccc(N)c1C(=O)OC. The Morgan fingerprint density at radius 2 is 2.16 bits per heavy atom. The number of hydrogen-bond donors (Lipinski definition) is 1. The third kappa shape index (κ3) is 4.24. The zero-order valence-electron chi connectivity index (χ0n) is 12.3. The van der Waals surface area contributed by atoms with E-state index in [1.54, 1.807) is 6.07 Å². The lowest BCUT2D eigenvalue weighted by Gasteiger charge is -2.22. The number of nitrogens with two attached hydrogens (primary N) is 1. The van der Waals surface area contributed by atoms with Gasteiger partial charge in [0, 0.05) is 18.8 Å². The second-order valence-corrected chi connectivity index (χ2v) is 5.08. The third-order valence-electron chi connectivity index (χ3n) is 3.33. The average Bonchev–Trinajstić information content (AvgIpc) is 2.37. The van der Waals surface area contributed by atoms with E-state index >= 15 is 0 Å². The van der Waals surface area contributed by atoms with Crippen LogP contribution < -0.4 is 5.73 Å². The summed E-state index contributed by atoms with van der Waals surface area (Å²) in [5.74, 6) is 0.262. The Hall–Kier alpha value is -1.55. The van der Waals surface area contributed by atoms with Gasteiger partial charge in [-0.2, -0.15) is 0 Å². The van der Waals surface area contributed by atoms with Crippen molar-refractivity contribution in [2.75, 3.05) is 26.4 Å². The summed E-state index contributed by atoms with van der Waals surface area (Å²) in [7, 11) is 3.43. The average molecular weight is 264 g/mol. The lowest BCUT2D eigenvalue weighted by Crippen LogP contribution is -2.25. The molecule has 0 fully saturated rings. The molecule has 4 heteroatoms. The number of ether oxygens (including phenoxy) is 1. The van der Waals surface area contributed by atoms with Gasteiger partial charge in [-0.15, -0.1) is 0 Å². The lowest BCUT2D eigenvalue weighted by molar-refractivity contribution is 0.0599. The van der Waals surface area contributed by atoms with Crippen molar-refractivity contribution >= 4 is 11.7 Å². The maximum Gasteiger partial charge on any atom is 0.340 e. The van der Waals surface area contributed by atoms with Crippen LogP contribution in [0.25, 0.3) is 0 Å². The molecule has 0 radical (unpaired) electrons. The molecule has 0 amide bonds. The first-order valence-electron chi connectivity index (χ1n) is 6.63. The highest BCUT2D eigenvalue weighted by atomic mass is 16.5. The number of rotatable bonds is 6. The van der Waals surface area contributed by atoms with E-state index < -0.39 is 0 Å². The van der Waals surface area contributed by atoms with Gasteiger partial charge in [0.15, 0.2) is 0 Å². The summed E-state index contributed by atoms with van der Waals surface area (Å²) in [6, 6.07) is 5.52. The second-order valence-electron chi connectivity index (χ2n) is 5.08. The summed E-state index contributed by atoms with van der Waals surface area (Å²) in [5.41, 5.74) is 7.76. The van der Waals surface area contributed by atoms with Crippen LogP contribution in [0.2, 0.25) is 0 Å². The number of hydrogen-bond acceptors (Lipinski definition) is 4. The maximum atomic E-state index is 11.8. The molecule has 106 valence electrons. The number of benzene rings is 1. The molecule has 0 saturated heterocycles. The van der Waals surface area contributed by atoms with Gasteiger partial charge >= 0.3 is 5.97 Å². The summed E-state index contributed by atoms with van der Waals surface area (Å²) in [4.78, 5) is 14.0. The molecule has 1 aromatic rings. The Morgan fingerprint density at radius 1 is 1.47 bits per heavy atom. The number of methoxy groups -OCH3 is 1. The van der Waals surface area contributed by atoms with Crippen molar-refractivity contribution in [3.8, 4) is 0 Å². The Morgan fingerprint density at radius 3 is 2.74 bits per heavy atom. The number of esters is 1. The van der Waals surface area contributed by atoms with Crippen molar-refractivity contribution in [3.05, 3.63) is 29.3 Å². The molecule has 0 aliphatic rings. The molecule has 1 aromatic carbocycles. The molecule has 0 bridgehead atoms. The van der Waals surface area contributed by atoms with E-state index in [1.165, 1.54) is 7.11 Å². The summed E-state index contributed by atoms with van der Waals surface area (Å²) >= 11 is 0. The van der Waals surface area contributed by atoms with Gasteiger partial charge in [-0.25, -0.2) is 4.79 Å². The molecule has 0 aromatic heterocycles. The van der Waals surface area contributed by atoms with Crippen LogP contribution in [-0.4, -0.2) is 31.6 Å². The second kappa shape index (κ2) is 7.14. The molecule has 1 atom stereocenters. The minimum Gasteiger partial charge on any atom is -0.465 e. The van der Waals surface area contributed by atoms with Crippen molar-refractivity contribution in [2.45, 2.75) is 26.8 Å². The van der Waals surface area contributed by atoms with E-state index in [0.29, 0.717) is 23.7 Å².